The van der Waals surface area contributed by atoms with E-state index in [1.165, 1.54) is 0 Å². The van der Waals surface area contributed by atoms with Crippen LogP contribution in [0.15, 0.2) is 12.1 Å². The van der Waals surface area contributed by atoms with Gasteiger partial charge in [-0.3, -0.25) is 4.79 Å². The third-order valence-corrected chi connectivity index (χ3v) is 1.98. The SMILES string of the molecule is Cc1ccc(CC(=O)C(=O)O)c(Cl)n1. The first-order valence-electron chi connectivity index (χ1n) is 3.89. The van der Waals surface area contributed by atoms with Gasteiger partial charge in [0.05, 0.1) is 0 Å². The van der Waals surface area contributed by atoms with E-state index in [1.54, 1.807) is 19.1 Å². The number of halogens is 1. The Morgan fingerprint density at radius 3 is 2.64 bits per heavy atom. The van der Waals surface area contributed by atoms with Gasteiger partial charge in [-0.1, -0.05) is 17.7 Å². The van der Waals surface area contributed by atoms with E-state index >= 15 is 0 Å². The van der Waals surface area contributed by atoms with Gasteiger partial charge in [0, 0.05) is 12.1 Å². The second kappa shape index (κ2) is 4.19. The fraction of sp³-hybridized carbons (Fsp3) is 0.222. The van der Waals surface area contributed by atoms with Gasteiger partial charge in [0.2, 0.25) is 5.78 Å². The molecule has 1 N–H and O–H groups in total. The first-order valence-corrected chi connectivity index (χ1v) is 4.26. The highest BCUT2D eigenvalue weighted by Crippen LogP contribution is 2.14. The predicted octanol–water partition coefficient (Wildman–Crippen LogP) is 1.24. The summed E-state index contributed by atoms with van der Waals surface area (Å²) in [5, 5.41) is 8.56. The summed E-state index contributed by atoms with van der Waals surface area (Å²) in [5.74, 6) is -2.35. The van der Waals surface area contributed by atoms with Crippen molar-refractivity contribution in [2.75, 3.05) is 0 Å². The van der Waals surface area contributed by atoms with Gasteiger partial charge in [0.25, 0.3) is 0 Å². The Balaban J connectivity index is 2.87. The van der Waals surface area contributed by atoms with E-state index in [0.717, 1.165) is 5.69 Å². The fourth-order valence-corrected chi connectivity index (χ4v) is 1.20. The lowest BCUT2D eigenvalue weighted by Crippen LogP contribution is -2.15. The van der Waals surface area contributed by atoms with Crippen LogP contribution < -0.4 is 0 Å². The molecule has 0 amide bonds. The largest absolute Gasteiger partial charge is 0.475 e. The van der Waals surface area contributed by atoms with Crippen molar-refractivity contribution in [2.45, 2.75) is 13.3 Å². The van der Waals surface area contributed by atoms with Crippen LogP contribution in [0.1, 0.15) is 11.3 Å². The molecule has 0 unspecified atom stereocenters. The number of aryl methyl sites for hydroxylation is 1. The Hall–Kier alpha value is -1.42. The molecule has 4 nitrogen and oxygen atoms in total. The molecule has 1 aromatic heterocycles. The molecule has 0 saturated carbocycles. The molecule has 0 fully saturated rings. The zero-order chi connectivity index (χ0) is 10.7. The quantitative estimate of drug-likeness (QED) is 0.606. The number of Topliss-reactive ketones (excluding diaryl/α,β-unsaturated/α-hetero) is 1. The molecule has 1 aromatic rings. The number of carboxylic acids is 1. The monoisotopic (exact) mass is 213 g/mol. The molecular formula is C9H8ClNO3. The van der Waals surface area contributed by atoms with E-state index in [9.17, 15) is 9.59 Å². The van der Waals surface area contributed by atoms with Crippen molar-refractivity contribution in [3.05, 3.63) is 28.5 Å². The van der Waals surface area contributed by atoms with Crippen LogP contribution in [0, 0.1) is 6.92 Å². The minimum Gasteiger partial charge on any atom is -0.475 e. The van der Waals surface area contributed by atoms with E-state index in [2.05, 4.69) is 4.98 Å². The summed E-state index contributed by atoms with van der Waals surface area (Å²) in [6.45, 7) is 1.76. The van der Waals surface area contributed by atoms with Crippen molar-refractivity contribution in [3.63, 3.8) is 0 Å². The van der Waals surface area contributed by atoms with Crippen molar-refractivity contribution in [3.8, 4) is 0 Å². The molecule has 5 heteroatoms. The first kappa shape index (κ1) is 10.7. The molecule has 0 spiro atoms. The van der Waals surface area contributed by atoms with Crippen LogP contribution in [-0.4, -0.2) is 21.8 Å². The minimum absolute atomic E-state index is 0.180. The van der Waals surface area contributed by atoms with Crippen LogP contribution >= 0.6 is 11.6 Å². The molecule has 0 aliphatic heterocycles. The zero-order valence-corrected chi connectivity index (χ0v) is 8.21. The highest BCUT2D eigenvalue weighted by Gasteiger charge is 2.14. The van der Waals surface area contributed by atoms with Crippen LogP contribution in [0.3, 0.4) is 0 Å². The Morgan fingerprint density at radius 1 is 1.50 bits per heavy atom. The van der Waals surface area contributed by atoms with Crippen molar-refractivity contribution in [1.82, 2.24) is 4.98 Å². The third kappa shape index (κ3) is 2.53. The molecule has 0 radical (unpaired) electrons. The number of carboxylic acid groups (broad SMARTS) is 1. The number of pyridine rings is 1. The smallest absolute Gasteiger partial charge is 0.372 e. The highest BCUT2D eigenvalue weighted by atomic mass is 35.5. The lowest BCUT2D eigenvalue weighted by atomic mass is 10.1. The third-order valence-electron chi connectivity index (χ3n) is 1.65. The van der Waals surface area contributed by atoms with Gasteiger partial charge < -0.3 is 5.11 Å². The Morgan fingerprint density at radius 2 is 2.14 bits per heavy atom. The van der Waals surface area contributed by atoms with Crippen molar-refractivity contribution in [2.24, 2.45) is 0 Å². The predicted molar refractivity (Wildman–Crippen MR) is 50.3 cm³/mol. The average molecular weight is 214 g/mol. The molecule has 1 heterocycles. The standard InChI is InChI=1S/C9H8ClNO3/c1-5-2-3-6(8(10)11-5)4-7(12)9(13)14/h2-3H,4H2,1H3,(H,13,14). The minimum atomic E-state index is -1.46. The average Bonchev–Trinajstić information content (AvgIpc) is 2.09. The van der Waals surface area contributed by atoms with E-state index in [-0.39, 0.29) is 11.6 Å². The summed E-state index contributed by atoms with van der Waals surface area (Å²) in [6, 6.07) is 3.28. The maximum absolute atomic E-state index is 10.9. The normalized spacial score (nSPS) is 9.86. The number of aromatic nitrogens is 1. The molecule has 0 aromatic carbocycles. The molecule has 74 valence electrons. The second-order valence-electron chi connectivity index (χ2n) is 2.81. The van der Waals surface area contributed by atoms with Crippen molar-refractivity contribution < 1.29 is 14.7 Å². The maximum Gasteiger partial charge on any atom is 0.372 e. The van der Waals surface area contributed by atoms with E-state index < -0.39 is 11.8 Å². The van der Waals surface area contributed by atoms with E-state index in [1.807, 2.05) is 0 Å². The van der Waals surface area contributed by atoms with Gasteiger partial charge in [-0.2, -0.15) is 0 Å². The van der Waals surface area contributed by atoms with Crippen LogP contribution in [0.2, 0.25) is 5.15 Å². The summed E-state index contributed by atoms with van der Waals surface area (Å²) in [6.07, 6.45) is -0.221. The number of hydrogen-bond donors (Lipinski definition) is 1. The Labute approximate surface area is 85.5 Å². The van der Waals surface area contributed by atoms with Gasteiger partial charge in [-0.25, -0.2) is 9.78 Å². The van der Waals surface area contributed by atoms with Crippen molar-refractivity contribution >= 4 is 23.4 Å². The molecule has 0 saturated heterocycles. The molecule has 0 aliphatic carbocycles. The molecular weight excluding hydrogens is 206 g/mol. The number of rotatable bonds is 3. The second-order valence-corrected chi connectivity index (χ2v) is 3.17. The Kier molecular flexibility index (Phi) is 3.19. The molecule has 0 bridgehead atoms. The maximum atomic E-state index is 10.9. The van der Waals surface area contributed by atoms with Crippen LogP contribution in [0.5, 0.6) is 0 Å². The summed E-state index contributed by atoms with van der Waals surface area (Å²) in [4.78, 5) is 25.0. The summed E-state index contributed by atoms with van der Waals surface area (Å²) in [5.41, 5.74) is 1.16. The number of carbonyl (C=O) groups is 2. The summed E-state index contributed by atoms with van der Waals surface area (Å²) >= 11 is 5.72. The van der Waals surface area contributed by atoms with E-state index in [4.69, 9.17) is 16.7 Å². The topological polar surface area (TPSA) is 67.3 Å². The summed E-state index contributed by atoms with van der Waals surface area (Å²) < 4.78 is 0. The lowest BCUT2D eigenvalue weighted by Gasteiger charge is -2.01. The van der Waals surface area contributed by atoms with Gasteiger partial charge in [-0.05, 0) is 18.6 Å². The van der Waals surface area contributed by atoms with Crippen LogP contribution in [-0.2, 0) is 16.0 Å². The molecule has 1 rings (SSSR count). The van der Waals surface area contributed by atoms with Gasteiger partial charge in [0.1, 0.15) is 5.15 Å². The van der Waals surface area contributed by atoms with Gasteiger partial charge in [0.15, 0.2) is 0 Å². The number of nitrogens with zero attached hydrogens (tertiary/aromatic N) is 1. The first-order chi connectivity index (χ1) is 6.50. The van der Waals surface area contributed by atoms with Crippen LogP contribution in [0.25, 0.3) is 0 Å². The fourth-order valence-electron chi connectivity index (χ4n) is 0.934. The number of ketones is 1. The summed E-state index contributed by atoms with van der Waals surface area (Å²) in [7, 11) is 0. The number of carbonyl (C=O) groups excluding carboxylic acids is 1. The van der Waals surface area contributed by atoms with Gasteiger partial charge >= 0.3 is 5.97 Å². The van der Waals surface area contributed by atoms with Gasteiger partial charge in [-0.15, -0.1) is 0 Å². The highest BCUT2D eigenvalue weighted by molar-refractivity contribution is 6.34. The van der Waals surface area contributed by atoms with Crippen molar-refractivity contribution in [1.29, 1.82) is 0 Å². The van der Waals surface area contributed by atoms with E-state index in [0.29, 0.717) is 5.56 Å². The number of aliphatic carboxylic acids is 1. The molecule has 14 heavy (non-hydrogen) atoms. The Bertz CT molecular complexity index is 390. The molecule has 0 atom stereocenters. The van der Waals surface area contributed by atoms with Crippen LogP contribution in [0.4, 0.5) is 0 Å². The molecule has 0 aliphatic rings. The number of hydrogen-bond acceptors (Lipinski definition) is 3. The lowest BCUT2D eigenvalue weighted by molar-refractivity contribution is -0.148. The zero-order valence-electron chi connectivity index (χ0n) is 7.45.